The van der Waals surface area contributed by atoms with Crippen LogP contribution >= 0.6 is 0 Å². The van der Waals surface area contributed by atoms with Gasteiger partial charge >= 0.3 is 42.1 Å². The third-order valence-electron chi connectivity index (χ3n) is 2.43. The second-order valence-corrected chi connectivity index (χ2v) is 4.22. The Morgan fingerprint density at radius 2 is 0.880 bits per heavy atom. The molecule has 0 saturated heterocycles. The van der Waals surface area contributed by atoms with E-state index in [2.05, 4.69) is 0 Å². The van der Waals surface area contributed by atoms with E-state index in [1.54, 1.807) is 4.74 Å². The lowest BCUT2D eigenvalue weighted by atomic mass is 10.0. The van der Waals surface area contributed by atoms with Crippen LogP contribution in [0, 0.1) is 0 Å². The number of halogens is 15. The molecule has 0 heterocycles. The van der Waals surface area contributed by atoms with Gasteiger partial charge in [0.1, 0.15) is 6.61 Å². The largest absolute Gasteiger partial charge is 0.460 e. The highest BCUT2D eigenvalue weighted by Crippen LogP contribution is 2.58. The Bertz CT molecular complexity index is 477. The van der Waals surface area contributed by atoms with Gasteiger partial charge in [-0.25, -0.2) is 0 Å². The summed E-state index contributed by atoms with van der Waals surface area (Å²) >= 11 is 0. The molecule has 0 fully saturated rings. The molecule has 1 atom stereocenters. The maximum Gasteiger partial charge on any atom is 0.460 e. The van der Waals surface area contributed by atoms with Crippen LogP contribution in [0.5, 0.6) is 0 Å². The van der Waals surface area contributed by atoms with Gasteiger partial charge in [-0.1, -0.05) is 0 Å². The molecular weight excluding hydrogens is 413 g/mol. The monoisotopic (exact) mass is 416 g/mol. The quantitative estimate of drug-likeness (QED) is 0.656. The molecule has 0 bridgehead atoms. The summed E-state index contributed by atoms with van der Waals surface area (Å²) in [6.07, 6.45) is -21.9. The molecule has 0 aliphatic carbocycles. The standard InChI is InChI=1S/C8H3F15O2/c9-2(1-24,6(16,17)18)25-8(22,23)5(14,15)3(10,11)4(12,13)7(19,20)21/h24H,1H2/t2-/m0/s1. The van der Waals surface area contributed by atoms with Gasteiger partial charge in [-0.3, -0.25) is 4.74 Å². The van der Waals surface area contributed by atoms with Crippen LogP contribution in [0.2, 0.25) is 0 Å². The van der Waals surface area contributed by atoms with Crippen molar-refractivity contribution in [2.24, 2.45) is 0 Å². The molecule has 152 valence electrons. The van der Waals surface area contributed by atoms with Crippen LogP contribution < -0.4 is 0 Å². The van der Waals surface area contributed by atoms with E-state index in [4.69, 9.17) is 5.11 Å². The van der Waals surface area contributed by atoms with Crippen LogP contribution in [0.1, 0.15) is 0 Å². The van der Waals surface area contributed by atoms with Gasteiger partial charge in [0, 0.05) is 0 Å². The minimum absolute atomic E-state index is 1.69. The highest BCUT2D eigenvalue weighted by Gasteiger charge is 2.89. The Balaban J connectivity index is 6.14. The fourth-order valence-corrected chi connectivity index (χ4v) is 1.00. The molecule has 0 aromatic rings. The predicted molar refractivity (Wildman–Crippen MR) is 43.9 cm³/mol. The maximum atomic E-state index is 12.9. The van der Waals surface area contributed by atoms with Crippen LogP contribution in [-0.4, -0.2) is 53.8 Å². The molecular formula is C8H3F15O2. The van der Waals surface area contributed by atoms with Crippen molar-refractivity contribution in [1.29, 1.82) is 0 Å². The Morgan fingerprint density at radius 3 is 1.12 bits per heavy atom. The number of hydrogen-bond acceptors (Lipinski definition) is 2. The molecule has 0 aliphatic heterocycles. The van der Waals surface area contributed by atoms with E-state index in [1.165, 1.54) is 0 Å². The van der Waals surface area contributed by atoms with E-state index in [0.29, 0.717) is 0 Å². The SMILES string of the molecule is OC[C@](F)(OC(F)(F)C(F)(F)C(F)(F)C(F)(F)C(F)(F)F)C(F)(F)F. The molecule has 0 rings (SSSR count). The van der Waals surface area contributed by atoms with Gasteiger partial charge in [-0.05, 0) is 0 Å². The zero-order valence-corrected chi connectivity index (χ0v) is 10.7. The summed E-state index contributed by atoms with van der Waals surface area (Å²) < 4.78 is 187. The van der Waals surface area contributed by atoms with Gasteiger partial charge in [-0.15, -0.1) is 0 Å². The van der Waals surface area contributed by atoms with Crippen molar-refractivity contribution in [2.45, 2.75) is 42.1 Å². The lowest BCUT2D eigenvalue weighted by Crippen LogP contribution is -2.68. The van der Waals surface area contributed by atoms with Crippen molar-refractivity contribution < 1.29 is 75.7 Å². The molecule has 1 N–H and O–H groups in total. The first-order valence-electron chi connectivity index (χ1n) is 5.16. The molecule has 0 saturated carbocycles. The summed E-state index contributed by atoms with van der Waals surface area (Å²) in [7, 11) is 0. The van der Waals surface area contributed by atoms with Crippen LogP contribution in [0.4, 0.5) is 65.9 Å². The highest BCUT2D eigenvalue weighted by atomic mass is 19.4. The Kier molecular flexibility index (Phi) is 5.68. The number of aliphatic hydroxyl groups is 1. The lowest BCUT2D eigenvalue weighted by Gasteiger charge is -2.39. The normalized spacial score (nSPS) is 18.2. The van der Waals surface area contributed by atoms with E-state index >= 15 is 0 Å². The van der Waals surface area contributed by atoms with E-state index in [1.807, 2.05) is 0 Å². The summed E-state index contributed by atoms with van der Waals surface area (Å²) in [5, 5.41) is 7.93. The van der Waals surface area contributed by atoms with Crippen molar-refractivity contribution in [3.8, 4) is 0 Å². The summed E-state index contributed by atoms with van der Waals surface area (Å²) in [5.41, 5.74) is 0. The molecule has 0 aromatic heterocycles. The molecule has 2 nitrogen and oxygen atoms in total. The predicted octanol–water partition coefficient (Wildman–Crippen LogP) is 4.28. The first-order valence-corrected chi connectivity index (χ1v) is 5.16. The van der Waals surface area contributed by atoms with Gasteiger partial charge in [0.05, 0.1) is 0 Å². The average Bonchev–Trinajstić information content (AvgIpc) is 2.34. The minimum Gasteiger partial charge on any atom is -0.390 e. The fraction of sp³-hybridized carbons (Fsp3) is 1.00. The first kappa shape index (κ1) is 23.9. The maximum absolute atomic E-state index is 12.9. The number of aliphatic hydroxyl groups excluding tert-OH is 1. The topological polar surface area (TPSA) is 29.5 Å². The van der Waals surface area contributed by atoms with Crippen LogP contribution in [0.25, 0.3) is 0 Å². The second kappa shape index (κ2) is 5.95. The highest BCUT2D eigenvalue weighted by molar-refractivity contribution is 5.04. The van der Waals surface area contributed by atoms with Crippen molar-refractivity contribution in [1.82, 2.24) is 0 Å². The summed E-state index contributed by atoms with van der Waals surface area (Å²) in [6, 6.07) is 0. The van der Waals surface area contributed by atoms with E-state index in [-0.39, 0.29) is 0 Å². The lowest BCUT2D eigenvalue weighted by molar-refractivity contribution is -0.497. The van der Waals surface area contributed by atoms with Gasteiger partial charge in [0.2, 0.25) is 0 Å². The molecule has 17 heteroatoms. The Labute approximate surface area is 126 Å². The Morgan fingerprint density at radius 1 is 0.520 bits per heavy atom. The molecule has 0 radical (unpaired) electrons. The first-order chi connectivity index (χ1) is 10.5. The van der Waals surface area contributed by atoms with Gasteiger partial charge < -0.3 is 5.11 Å². The minimum atomic E-state index is -8.08. The number of alkyl halides is 15. The second-order valence-electron chi connectivity index (χ2n) is 4.22. The summed E-state index contributed by atoms with van der Waals surface area (Å²) in [5.74, 6) is -30.2. The van der Waals surface area contributed by atoms with Crippen molar-refractivity contribution in [3.05, 3.63) is 0 Å². The van der Waals surface area contributed by atoms with E-state index in [9.17, 15) is 65.9 Å². The molecule has 0 aromatic carbocycles. The molecule has 0 spiro atoms. The molecule has 0 aliphatic rings. The van der Waals surface area contributed by atoms with E-state index in [0.717, 1.165) is 0 Å². The van der Waals surface area contributed by atoms with Crippen LogP contribution in [0.3, 0.4) is 0 Å². The smallest absolute Gasteiger partial charge is 0.390 e. The van der Waals surface area contributed by atoms with E-state index < -0.39 is 48.7 Å². The van der Waals surface area contributed by atoms with Gasteiger partial charge in [0.15, 0.2) is 0 Å². The summed E-state index contributed by atoms with van der Waals surface area (Å²) in [6.45, 7) is -3.25. The molecule has 0 amide bonds. The zero-order valence-electron chi connectivity index (χ0n) is 10.7. The van der Waals surface area contributed by atoms with Crippen molar-refractivity contribution in [2.75, 3.05) is 6.61 Å². The number of hydrogen-bond donors (Lipinski definition) is 1. The van der Waals surface area contributed by atoms with Crippen LogP contribution in [-0.2, 0) is 4.74 Å². The third-order valence-corrected chi connectivity index (χ3v) is 2.43. The summed E-state index contributed by atoms with van der Waals surface area (Å²) in [4.78, 5) is 0. The van der Waals surface area contributed by atoms with Crippen LogP contribution in [0.15, 0.2) is 0 Å². The number of rotatable bonds is 6. The molecule has 0 unspecified atom stereocenters. The zero-order chi connectivity index (χ0) is 20.9. The van der Waals surface area contributed by atoms with Gasteiger partial charge in [0.25, 0.3) is 0 Å². The Hall–Kier alpha value is -1.13. The average molecular weight is 416 g/mol. The number of ether oxygens (including phenoxy) is 1. The fourth-order valence-electron chi connectivity index (χ4n) is 1.00. The molecule has 25 heavy (non-hydrogen) atoms. The van der Waals surface area contributed by atoms with Gasteiger partial charge in [-0.2, -0.15) is 65.9 Å². The van der Waals surface area contributed by atoms with Crippen molar-refractivity contribution in [3.63, 3.8) is 0 Å². The third kappa shape index (κ3) is 3.56. The van der Waals surface area contributed by atoms with Crippen molar-refractivity contribution >= 4 is 0 Å².